The van der Waals surface area contributed by atoms with E-state index in [1.807, 2.05) is 54.6 Å². The number of nitrogens with one attached hydrogen (secondary N) is 2. The van der Waals surface area contributed by atoms with Gasteiger partial charge in [0.2, 0.25) is 0 Å². The lowest BCUT2D eigenvalue weighted by Crippen LogP contribution is -2.43. The monoisotopic (exact) mass is 432 g/mol. The highest BCUT2D eigenvalue weighted by atomic mass is 16.6. The fourth-order valence-corrected chi connectivity index (χ4v) is 3.40. The number of ether oxygens (including phenoxy) is 2. The maximum Gasteiger partial charge on any atom is 0.313 e. The van der Waals surface area contributed by atoms with E-state index in [2.05, 4.69) is 10.6 Å². The molecule has 4 rings (SSSR count). The van der Waals surface area contributed by atoms with Gasteiger partial charge in [-0.3, -0.25) is 9.59 Å². The summed E-state index contributed by atoms with van der Waals surface area (Å²) in [4.78, 5) is 24.5. The van der Waals surface area contributed by atoms with Crippen molar-refractivity contribution in [3.05, 3.63) is 78.4 Å². The van der Waals surface area contributed by atoms with Crippen molar-refractivity contribution in [2.45, 2.75) is 12.5 Å². The Morgan fingerprint density at radius 2 is 1.53 bits per heavy atom. The second-order valence-corrected chi connectivity index (χ2v) is 7.71. The van der Waals surface area contributed by atoms with Gasteiger partial charge in [-0.2, -0.15) is 0 Å². The van der Waals surface area contributed by atoms with E-state index in [-0.39, 0.29) is 6.54 Å². The Labute approximate surface area is 186 Å². The second-order valence-electron chi connectivity index (χ2n) is 7.71. The molecule has 164 valence electrons. The first-order valence-corrected chi connectivity index (χ1v) is 10.3. The van der Waals surface area contributed by atoms with Gasteiger partial charge >= 0.3 is 11.8 Å². The van der Waals surface area contributed by atoms with Gasteiger partial charge in [0.1, 0.15) is 18.8 Å². The minimum atomic E-state index is -1.35. The van der Waals surface area contributed by atoms with Crippen LogP contribution in [0.1, 0.15) is 12.5 Å². The molecule has 0 spiro atoms. The summed E-state index contributed by atoms with van der Waals surface area (Å²) in [5, 5.41) is 15.8. The van der Waals surface area contributed by atoms with Crippen molar-refractivity contribution < 1.29 is 24.2 Å². The highest BCUT2D eigenvalue weighted by Crippen LogP contribution is 2.32. The lowest BCUT2D eigenvalue weighted by Gasteiger charge is -2.24. The van der Waals surface area contributed by atoms with Gasteiger partial charge in [0.15, 0.2) is 11.5 Å². The summed E-state index contributed by atoms with van der Waals surface area (Å²) < 4.78 is 10.9. The largest absolute Gasteiger partial charge is 0.486 e. The molecular weight excluding hydrogens is 408 g/mol. The normalized spacial score (nSPS) is 14.2. The summed E-state index contributed by atoms with van der Waals surface area (Å²) in [6, 6.07) is 22.2. The highest BCUT2D eigenvalue weighted by Gasteiger charge is 2.26. The summed E-state index contributed by atoms with van der Waals surface area (Å²) in [6.45, 7) is 2.36. The standard InChI is InChI=1S/C25H24N2O5/c1-25(30,19-9-7-18(8-10-19)17-5-3-2-4-6-17)16-26-23(28)24(29)27-20-11-12-21-22(15-20)32-14-13-31-21/h2-12,15,30H,13-14,16H2,1H3,(H,26,28)(H,27,29). The molecule has 0 aromatic heterocycles. The first kappa shape index (κ1) is 21.4. The van der Waals surface area contributed by atoms with Crippen molar-refractivity contribution in [2.75, 3.05) is 25.1 Å². The SMILES string of the molecule is CC(O)(CNC(=O)C(=O)Nc1ccc2c(c1)OCCO2)c1ccc(-c2ccccc2)cc1. The third kappa shape index (κ3) is 4.90. The van der Waals surface area contributed by atoms with E-state index < -0.39 is 17.4 Å². The maximum absolute atomic E-state index is 12.3. The topological polar surface area (TPSA) is 96.9 Å². The van der Waals surface area contributed by atoms with Crippen LogP contribution in [0.25, 0.3) is 11.1 Å². The van der Waals surface area contributed by atoms with Crippen LogP contribution in [0.5, 0.6) is 11.5 Å². The van der Waals surface area contributed by atoms with Crippen LogP contribution in [0.3, 0.4) is 0 Å². The number of hydrogen-bond donors (Lipinski definition) is 3. The molecule has 1 heterocycles. The van der Waals surface area contributed by atoms with Crippen LogP contribution >= 0.6 is 0 Å². The summed E-state index contributed by atoms with van der Waals surface area (Å²) in [5.74, 6) is -0.581. The molecule has 3 N–H and O–H groups in total. The lowest BCUT2D eigenvalue weighted by atomic mass is 9.93. The number of fused-ring (bicyclic) bond motifs is 1. The van der Waals surface area contributed by atoms with Gasteiger partial charge in [0.25, 0.3) is 0 Å². The molecule has 0 saturated heterocycles. The van der Waals surface area contributed by atoms with Gasteiger partial charge in [0.05, 0.1) is 6.54 Å². The third-order valence-corrected chi connectivity index (χ3v) is 5.21. The van der Waals surface area contributed by atoms with E-state index in [1.54, 1.807) is 25.1 Å². The second kappa shape index (κ2) is 9.11. The van der Waals surface area contributed by atoms with Crippen LogP contribution in [0.4, 0.5) is 5.69 Å². The van der Waals surface area contributed by atoms with Crippen molar-refractivity contribution in [3.8, 4) is 22.6 Å². The number of anilines is 1. The molecule has 7 heteroatoms. The van der Waals surface area contributed by atoms with Crippen LogP contribution < -0.4 is 20.1 Å². The van der Waals surface area contributed by atoms with Gasteiger partial charge in [-0.15, -0.1) is 0 Å². The van der Waals surface area contributed by atoms with E-state index >= 15 is 0 Å². The molecule has 1 aliphatic heterocycles. The van der Waals surface area contributed by atoms with Crippen molar-refractivity contribution >= 4 is 17.5 Å². The number of rotatable bonds is 5. The zero-order chi connectivity index (χ0) is 22.6. The van der Waals surface area contributed by atoms with Crippen LogP contribution in [0, 0.1) is 0 Å². The van der Waals surface area contributed by atoms with Crippen LogP contribution in [0.2, 0.25) is 0 Å². The number of carbonyl (C=O) groups excluding carboxylic acids is 2. The smallest absolute Gasteiger partial charge is 0.313 e. The summed E-state index contributed by atoms with van der Waals surface area (Å²) in [5.41, 5.74) is 1.79. The predicted octanol–water partition coefficient (Wildman–Crippen LogP) is 3.09. The third-order valence-electron chi connectivity index (χ3n) is 5.21. The fraction of sp³-hybridized carbons (Fsp3) is 0.200. The van der Waals surface area contributed by atoms with Gasteiger partial charge in [-0.05, 0) is 35.7 Å². The number of aliphatic hydroxyl groups is 1. The van der Waals surface area contributed by atoms with Gasteiger partial charge < -0.3 is 25.2 Å². The Balaban J connectivity index is 1.34. The predicted molar refractivity (Wildman–Crippen MR) is 121 cm³/mol. The fourth-order valence-electron chi connectivity index (χ4n) is 3.40. The van der Waals surface area contributed by atoms with Crippen LogP contribution in [-0.4, -0.2) is 36.7 Å². The summed E-state index contributed by atoms with van der Waals surface area (Å²) >= 11 is 0. The first-order valence-electron chi connectivity index (χ1n) is 10.3. The lowest BCUT2D eigenvalue weighted by molar-refractivity contribution is -0.136. The van der Waals surface area contributed by atoms with Gasteiger partial charge in [0, 0.05) is 11.8 Å². The number of hydrogen-bond acceptors (Lipinski definition) is 5. The zero-order valence-corrected chi connectivity index (χ0v) is 17.6. The molecule has 32 heavy (non-hydrogen) atoms. The minimum Gasteiger partial charge on any atom is -0.486 e. The molecule has 1 aliphatic rings. The Bertz CT molecular complexity index is 1110. The average Bonchev–Trinajstić information content (AvgIpc) is 2.83. The van der Waals surface area contributed by atoms with Crippen molar-refractivity contribution in [1.29, 1.82) is 0 Å². The highest BCUT2D eigenvalue weighted by molar-refractivity contribution is 6.39. The molecule has 0 bridgehead atoms. The molecular formula is C25H24N2O5. The van der Waals surface area contributed by atoms with E-state index in [0.717, 1.165) is 11.1 Å². The number of benzene rings is 3. The zero-order valence-electron chi connectivity index (χ0n) is 17.6. The molecule has 0 fully saturated rings. The first-order chi connectivity index (χ1) is 15.4. The molecule has 3 aromatic carbocycles. The summed E-state index contributed by atoms with van der Waals surface area (Å²) in [7, 11) is 0. The molecule has 0 saturated carbocycles. The van der Waals surface area contributed by atoms with Crippen molar-refractivity contribution in [2.24, 2.45) is 0 Å². The minimum absolute atomic E-state index is 0.120. The Morgan fingerprint density at radius 3 is 2.25 bits per heavy atom. The molecule has 7 nitrogen and oxygen atoms in total. The van der Waals surface area contributed by atoms with Gasteiger partial charge in [-0.1, -0.05) is 54.6 Å². The molecule has 1 unspecified atom stereocenters. The van der Waals surface area contributed by atoms with Gasteiger partial charge in [-0.25, -0.2) is 0 Å². The Morgan fingerprint density at radius 1 is 0.875 bits per heavy atom. The van der Waals surface area contributed by atoms with Crippen molar-refractivity contribution in [1.82, 2.24) is 5.32 Å². The number of carbonyl (C=O) groups is 2. The van der Waals surface area contributed by atoms with E-state index in [4.69, 9.17) is 9.47 Å². The number of amides is 2. The molecule has 3 aromatic rings. The Kier molecular flexibility index (Phi) is 6.09. The summed E-state index contributed by atoms with van der Waals surface area (Å²) in [6.07, 6.45) is 0. The molecule has 0 aliphatic carbocycles. The average molecular weight is 432 g/mol. The van der Waals surface area contributed by atoms with Crippen molar-refractivity contribution in [3.63, 3.8) is 0 Å². The van der Waals surface area contributed by atoms with Crippen LogP contribution in [0.15, 0.2) is 72.8 Å². The quantitative estimate of drug-likeness (QED) is 0.539. The maximum atomic E-state index is 12.3. The van der Waals surface area contributed by atoms with E-state index in [9.17, 15) is 14.7 Å². The van der Waals surface area contributed by atoms with E-state index in [1.165, 1.54) is 0 Å². The Hall–Kier alpha value is -3.84. The van der Waals surface area contributed by atoms with Crippen LogP contribution in [-0.2, 0) is 15.2 Å². The van der Waals surface area contributed by atoms with E-state index in [0.29, 0.717) is 36.0 Å². The molecule has 0 radical (unpaired) electrons. The molecule has 2 amide bonds. The molecule has 1 atom stereocenters.